The van der Waals surface area contributed by atoms with Crippen molar-refractivity contribution in [2.24, 2.45) is 0 Å². The minimum absolute atomic E-state index is 0.130. The molecule has 1 saturated heterocycles. The van der Waals surface area contributed by atoms with Gasteiger partial charge in [0.15, 0.2) is 12.4 Å². The largest absolute Gasteiger partial charge is 0.454 e. The lowest BCUT2D eigenvalue weighted by atomic mass is 9.99. The summed E-state index contributed by atoms with van der Waals surface area (Å²) in [5, 5.41) is 57.2. The first kappa shape index (κ1) is 80.2. The van der Waals surface area contributed by atoms with Crippen molar-refractivity contribution in [3.05, 3.63) is 24.3 Å². The van der Waals surface area contributed by atoms with Crippen LogP contribution in [0.1, 0.15) is 367 Å². The topological polar surface area (TPSA) is 175 Å². The number of hydrogen-bond donors (Lipinski definition) is 6. The molecule has 0 saturated carbocycles. The molecule has 6 N–H and O–H groups in total. The van der Waals surface area contributed by atoms with Crippen molar-refractivity contribution in [2.45, 2.75) is 416 Å². The number of nitrogens with one attached hydrogen (secondary N) is 1. The van der Waals surface area contributed by atoms with Gasteiger partial charge in [-0.25, -0.2) is 0 Å². The predicted molar refractivity (Wildman–Crippen MR) is 352 cm³/mol. The number of carbonyl (C=O) groups is 2. The molecule has 11 heteroatoms. The Hall–Kier alpha value is -1.86. The second kappa shape index (κ2) is 61.4. The molecule has 496 valence electrons. The lowest BCUT2D eigenvalue weighted by molar-refractivity contribution is -0.305. The fourth-order valence-electron chi connectivity index (χ4n) is 11.8. The Morgan fingerprint density at radius 3 is 1.15 bits per heavy atom. The number of allylic oxidation sites excluding steroid dienone is 3. The molecule has 0 aromatic heterocycles. The maximum absolute atomic E-state index is 13.5. The molecule has 8 atom stereocenters. The lowest BCUT2D eigenvalue weighted by Gasteiger charge is -2.41. The number of esters is 1. The molecule has 84 heavy (non-hydrogen) atoms. The fourth-order valence-corrected chi connectivity index (χ4v) is 11.8. The van der Waals surface area contributed by atoms with Gasteiger partial charge in [-0.1, -0.05) is 334 Å². The van der Waals surface area contributed by atoms with Crippen LogP contribution in [0.3, 0.4) is 0 Å². The number of ether oxygens (including phenoxy) is 3. The number of carbonyl (C=O) groups excluding carboxylic acids is 2. The van der Waals surface area contributed by atoms with Crippen molar-refractivity contribution >= 4 is 11.9 Å². The molecule has 0 aliphatic carbocycles. The molecule has 1 aliphatic rings. The van der Waals surface area contributed by atoms with Crippen LogP contribution >= 0.6 is 0 Å². The highest BCUT2D eigenvalue weighted by molar-refractivity contribution is 5.80. The van der Waals surface area contributed by atoms with Gasteiger partial charge in [-0.3, -0.25) is 9.59 Å². The molecule has 1 fully saturated rings. The van der Waals surface area contributed by atoms with Gasteiger partial charge in [0.25, 0.3) is 0 Å². The molecule has 1 aliphatic heterocycles. The molecule has 1 rings (SSSR count). The summed E-state index contributed by atoms with van der Waals surface area (Å²) in [5.74, 6) is -1.17. The van der Waals surface area contributed by atoms with E-state index in [4.69, 9.17) is 14.2 Å². The number of amides is 1. The Bertz CT molecular complexity index is 1460. The van der Waals surface area contributed by atoms with Crippen molar-refractivity contribution in [1.82, 2.24) is 5.32 Å². The van der Waals surface area contributed by atoms with Gasteiger partial charge in [0.2, 0.25) is 5.91 Å². The first-order valence-electron chi connectivity index (χ1n) is 36.6. The molecule has 0 aromatic rings. The van der Waals surface area contributed by atoms with Crippen LogP contribution in [0.5, 0.6) is 0 Å². The van der Waals surface area contributed by atoms with E-state index in [1.807, 2.05) is 6.08 Å². The van der Waals surface area contributed by atoms with Crippen LogP contribution in [-0.4, -0.2) is 99.6 Å². The molecule has 0 bridgehead atoms. The van der Waals surface area contributed by atoms with Gasteiger partial charge in [0, 0.05) is 6.42 Å². The first-order chi connectivity index (χ1) is 41.2. The quantitative estimate of drug-likeness (QED) is 0.0195. The van der Waals surface area contributed by atoms with Gasteiger partial charge in [-0.05, 0) is 51.4 Å². The fraction of sp³-hybridized carbons (Fsp3) is 0.918. The van der Waals surface area contributed by atoms with E-state index in [1.54, 1.807) is 6.08 Å². The molecule has 0 spiro atoms. The van der Waals surface area contributed by atoms with E-state index in [9.17, 15) is 35.1 Å². The number of unbranched alkanes of at least 4 members (excludes halogenated alkanes) is 48. The highest BCUT2D eigenvalue weighted by atomic mass is 16.7. The molecule has 1 amide bonds. The standard InChI is InChI=1S/C73H139NO10/c1-4-7-10-13-16-19-22-25-27-29-30-31-32-33-34-35-36-37-38-39-41-43-46-49-52-55-58-61-68(78)84-71-70(80)69(79)67(62-75)83-73(71)82-63-64(65(76)59-56-53-50-47-44-24-21-18-15-12-9-6-3)74-72(81)66(77)60-57-54-51-48-45-42-40-28-26-23-20-17-14-11-8-5-2/h25,27,56,59,64-67,69-71,73,75-77,79-80H,4-24,26,28-55,57-58,60-63H2,1-3H3,(H,74,81)/b27-25+,59-56+. The van der Waals surface area contributed by atoms with Crippen LogP contribution in [0.25, 0.3) is 0 Å². The minimum atomic E-state index is -1.61. The molecule has 11 nitrogen and oxygen atoms in total. The smallest absolute Gasteiger partial charge is 0.306 e. The number of rotatable bonds is 64. The molecule has 8 unspecified atom stereocenters. The Labute approximate surface area is 518 Å². The Balaban J connectivity index is 2.51. The van der Waals surface area contributed by atoms with Crippen LogP contribution in [-0.2, 0) is 23.8 Å². The molecule has 0 radical (unpaired) electrons. The summed E-state index contributed by atoms with van der Waals surface area (Å²) >= 11 is 0. The van der Waals surface area contributed by atoms with E-state index in [2.05, 4.69) is 38.2 Å². The van der Waals surface area contributed by atoms with Crippen molar-refractivity contribution < 1.29 is 49.3 Å². The van der Waals surface area contributed by atoms with Gasteiger partial charge >= 0.3 is 5.97 Å². The maximum atomic E-state index is 13.5. The SMILES string of the molecule is CCCCCCCC/C=C/CCCCCCCCCCCCCCCCCCCC(=O)OC1C(OCC(NC(=O)C(O)CCCCCCCCCCCCCCCCCC)C(O)/C=C/CCCCCCCCCCCC)OC(CO)C(O)C1O. The van der Waals surface area contributed by atoms with Crippen LogP contribution in [0.4, 0.5) is 0 Å². The van der Waals surface area contributed by atoms with Gasteiger partial charge in [-0.15, -0.1) is 0 Å². The summed E-state index contributed by atoms with van der Waals surface area (Å²) in [6, 6.07) is -1.02. The summed E-state index contributed by atoms with van der Waals surface area (Å²) < 4.78 is 17.7. The number of hydrogen-bond acceptors (Lipinski definition) is 10. The average Bonchev–Trinajstić information content (AvgIpc) is 3.69. The highest BCUT2D eigenvalue weighted by Gasteiger charge is 2.47. The van der Waals surface area contributed by atoms with E-state index in [1.165, 1.54) is 263 Å². The average molecular weight is 1190 g/mol. The lowest BCUT2D eigenvalue weighted by Crippen LogP contribution is -2.61. The molecular weight excluding hydrogens is 1050 g/mol. The third-order valence-corrected chi connectivity index (χ3v) is 17.6. The van der Waals surface area contributed by atoms with E-state index >= 15 is 0 Å². The van der Waals surface area contributed by atoms with Gasteiger partial charge < -0.3 is 45.1 Å². The van der Waals surface area contributed by atoms with E-state index in [0.29, 0.717) is 19.3 Å². The maximum Gasteiger partial charge on any atom is 0.306 e. The molecule has 1 heterocycles. The zero-order chi connectivity index (χ0) is 61.0. The van der Waals surface area contributed by atoms with Gasteiger partial charge in [0.05, 0.1) is 25.4 Å². The highest BCUT2D eigenvalue weighted by Crippen LogP contribution is 2.27. The Morgan fingerprint density at radius 1 is 0.452 bits per heavy atom. The zero-order valence-electron chi connectivity index (χ0n) is 55.3. The monoisotopic (exact) mass is 1190 g/mol. The second-order valence-corrected chi connectivity index (χ2v) is 25.7. The van der Waals surface area contributed by atoms with Crippen LogP contribution in [0.15, 0.2) is 24.3 Å². The molecular formula is C73H139NO10. The van der Waals surface area contributed by atoms with Crippen LogP contribution in [0, 0.1) is 0 Å². The van der Waals surface area contributed by atoms with Crippen molar-refractivity contribution in [3.8, 4) is 0 Å². The van der Waals surface area contributed by atoms with Crippen molar-refractivity contribution in [2.75, 3.05) is 13.2 Å². The number of aliphatic hydroxyl groups excluding tert-OH is 5. The van der Waals surface area contributed by atoms with Crippen molar-refractivity contribution in [1.29, 1.82) is 0 Å². The summed E-state index contributed by atoms with van der Waals surface area (Å²) in [6.07, 6.45) is 63.7. The van der Waals surface area contributed by atoms with Gasteiger partial charge in [-0.2, -0.15) is 0 Å². The second-order valence-electron chi connectivity index (χ2n) is 25.7. The predicted octanol–water partition coefficient (Wildman–Crippen LogP) is 18.8. The van der Waals surface area contributed by atoms with Crippen LogP contribution < -0.4 is 5.32 Å². The van der Waals surface area contributed by atoms with Crippen LogP contribution in [0.2, 0.25) is 0 Å². The number of aliphatic hydroxyl groups is 5. The third kappa shape index (κ3) is 48.1. The summed E-state index contributed by atoms with van der Waals surface area (Å²) in [6.45, 7) is 5.85. The van der Waals surface area contributed by atoms with Gasteiger partial charge in [0.1, 0.15) is 24.4 Å². The Kier molecular flexibility index (Phi) is 58.6. The first-order valence-corrected chi connectivity index (χ1v) is 36.6. The third-order valence-electron chi connectivity index (χ3n) is 17.6. The minimum Gasteiger partial charge on any atom is -0.454 e. The normalized spacial score (nSPS) is 18.5. The van der Waals surface area contributed by atoms with Crippen molar-refractivity contribution in [3.63, 3.8) is 0 Å². The summed E-state index contributed by atoms with van der Waals surface area (Å²) in [5.41, 5.74) is 0. The summed E-state index contributed by atoms with van der Waals surface area (Å²) in [7, 11) is 0. The van der Waals surface area contributed by atoms with E-state index in [-0.39, 0.29) is 13.0 Å². The molecule has 0 aromatic carbocycles. The van der Waals surface area contributed by atoms with E-state index < -0.39 is 67.4 Å². The van der Waals surface area contributed by atoms with E-state index in [0.717, 1.165) is 57.8 Å². The zero-order valence-corrected chi connectivity index (χ0v) is 55.3. The Morgan fingerprint density at radius 2 is 0.786 bits per heavy atom. The summed E-state index contributed by atoms with van der Waals surface area (Å²) in [4.78, 5) is 26.7.